The van der Waals surface area contributed by atoms with Gasteiger partial charge in [0.25, 0.3) is 0 Å². The van der Waals surface area contributed by atoms with Gasteiger partial charge < -0.3 is 20.3 Å². The molecular weight excluding hydrogens is 389 g/mol. The highest BCUT2D eigenvalue weighted by Gasteiger charge is 2.36. The second-order valence-electron chi connectivity index (χ2n) is 6.29. The Morgan fingerprint density at radius 3 is 2.48 bits per heavy atom. The van der Waals surface area contributed by atoms with Crippen LogP contribution in [0.25, 0.3) is 11.0 Å². The summed E-state index contributed by atoms with van der Waals surface area (Å²) in [7, 11) is 1.24. The van der Waals surface area contributed by atoms with Crippen LogP contribution in [0.3, 0.4) is 0 Å². The number of anilines is 1. The van der Waals surface area contributed by atoms with E-state index in [1.807, 2.05) is 0 Å². The minimum absolute atomic E-state index is 0.0255. The van der Waals surface area contributed by atoms with Gasteiger partial charge in [-0.25, -0.2) is 4.98 Å². The molecule has 0 radical (unpaired) electrons. The van der Waals surface area contributed by atoms with Gasteiger partial charge in [0.05, 0.1) is 17.1 Å². The first-order chi connectivity index (χ1) is 13.7. The van der Waals surface area contributed by atoms with Crippen LogP contribution in [-0.4, -0.2) is 33.0 Å². The minimum Gasteiger partial charge on any atom is -0.387 e. The number of rotatable bonds is 4. The molecular formula is C19H17F3N4O3. The number of carbonyl (C=O) groups is 2. The molecule has 10 heteroatoms. The van der Waals surface area contributed by atoms with Crippen molar-refractivity contribution in [3.63, 3.8) is 0 Å². The maximum atomic E-state index is 12.9. The number of aliphatic hydroxyl groups is 1. The van der Waals surface area contributed by atoms with Gasteiger partial charge in [0.15, 0.2) is 0 Å². The molecule has 0 aliphatic carbocycles. The van der Waals surface area contributed by atoms with E-state index < -0.39 is 29.9 Å². The number of aliphatic hydroxyl groups excluding tert-OH is 1. The van der Waals surface area contributed by atoms with E-state index in [0.717, 1.165) is 4.57 Å². The van der Waals surface area contributed by atoms with Crippen molar-refractivity contribution in [2.45, 2.75) is 12.3 Å². The van der Waals surface area contributed by atoms with Gasteiger partial charge in [-0.3, -0.25) is 9.59 Å². The van der Waals surface area contributed by atoms with Crippen molar-refractivity contribution in [1.82, 2.24) is 14.9 Å². The topological polar surface area (TPSA) is 96.2 Å². The molecule has 0 saturated heterocycles. The Kier molecular flexibility index (Phi) is 5.55. The summed E-state index contributed by atoms with van der Waals surface area (Å²) in [6.45, 7) is -0.176. The van der Waals surface area contributed by atoms with E-state index in [0.29, 0.717) is 5.56 Å². The van der Waals surface area contributed by atoms with Gasteiger partial charge >= 0.3 is 18.0 Å². The number of amides is 2. The lowest BCUT2D eigenvalue weighted by atomic mass is 10.1. The third-order valence-electron chi connectivity index (χ3n) is 4.24. The van der Waals surface area contributed by atoms with Gasteiger partial charge in [-0.15, -0.1) is 0 Å². The number of aryl methyl sites for hydroxylation is 1. The third-order valence-corrected chi connectivity index (χ3v) is 4.24. The normalized spacial score (nSPS) is 12.6. The fourth-order valence-electron chi connectivity index (χ4n) is 2.78. The van der Waals surface area contributed by atoms with Crippen molar-refractivity contribution >= 4 is 28.5 Å². The summed E-state index contributed by atoms with van der Waals surface area (Å²) in [5, 5.41) is 14.6. The number of imidazole rings is 1. The molecule has 0 aliphatic heterocycles. The van der Waals surface area contributed by atoms with Crippen LogP contribution in [-0.2, 0) is 22.8 Å². The molecule has 3 N–H and O–H groups in total. The van der Waals surface area contributed by atoms with Crippen molar-refractivity contribution in [3.05, 3.63) is 59.9 Å². The van der Waals surface area contributed by atoms with E-state index in [1.54, 1.807) is 30.3 Å². The Bertz CT molecular complexity index is 1050. The van der Waals surface area contributed by atoms with Crippen LogP contribution in [0.15, 0.2) is 48.5 Å². The Hall–Kier alpha value is -3.40. The number of nitrogens with zero attached hydrogens (tertiary/aromatic N) is 2. The summed E-state index contributed by atoms with van der Waals surface area (Å²) in [6.07, 6.45) is -5.60. The van der Waals surface area contributed by atoms with E-state index in [-0.39, 0.29) is 23.3 Å². The number of carbonyl (C=O) groups excluding carboxylic acids is 2. The Morgan fingerprint density at radius 1 is 1.14 bits per heavy atom. The van der Waals surface area contributed by atoms with Crippen molar-refractivity contribution in [3.8, 4) is 0 Å². The van der Waals surface area contributed by atoms with Crippen molar-refractivity contribution < 1.29 is 27.9 Å². The number of halogens is 3. The predicted octanol–water partition coefficient (Wildman–Crippen LogP) is 2.38. The smallest absolute Gasteiger partial charge is 0.387 e. The standard InChI is InChI=1S/C19H17F3N4O3/c1-26-14-8-7-12(9-13(14)25-18(26)19(20,21)22)24-17(29)16(28)23-10-15(27)11-5-3-2-4-6-11/h2-9,15,27H,10H2,1H3,(H,23,28)(H,24,29)/t15-/m0/s1. The lowest BCUT2D eigenvalue weighted by Crippen LogP contribution is -2.37. The third kappa shape index (κ3) is 4.54. The van der Waals surface area contributed by atoms with Crippen LogP contribution in [0.2, 0.25) is 0 Å². The molecule has 0 unspecified atom stereocenters. The number of nitrogens with one attached hydrogen (secondary N) is 2. The molecule has 3 aromatic rings. The minimum atomic E-state index is -4.61. The number of benzene rings is 2. The fraction of sp³-hybridized carbons (Fsp3) is 0.211. The van der Waals surface area contributed by atoms with Crippen LogP contribution in [0, 0.1) is 0 Å². The summed E-state index contributed by atoms with van der Waals surface area (Å²) >= 11 is 0. The molecule has 2 amide bonds. The molecule has 0 aliphatic rings. The predicted molar refractivity (Wildman–Crippen MR) is 98.8 cm³/mol. The molecule has 152 valence electrons. The number of aromatic nitrogens is 2. The van der Waals surface area contributed by atoms with E-state index >= 15 is 0 Å². The van der Waals surface area contributed by atoms with Crippen molar-refractivity contribution in [2.24, 2.45) is 7.05 Å². The molecule has 1 atom stereocenters. The number of hydrogen-bond donors (Lipinski definition) is 3. The van der Waals surface area contributed by atoms with Crippen LogP contribution < -0.4 is 10.6 Å². The molecule has 0 fully saturated rings. The maximum absolute atomic E-state index is 12.9. The highest BCUT2D eigenvalue weighted by molar-refractivity contribution is 6.39. The number of fused-ring (bicyclic) bond motifs is 1. The highest BCUT2D eigenvalue weighted by Crippen LogP contribution is 2.31. The number of alkyl halides is 3. The van der Waals surface area contributed by atoms with E-state index in [4.69, 9.17) is 0 Å². The van der Waals surface area contributed by atoms with Gasteiger partial charge in [-0.2, -0.15) is 13.2 Å². The van der Waals surface area contributed by atoms with Gasteiger partial charge in [0.1, 0.15) is 0 Å². The summed E-state index contributed by atoms with van der Waals surface area (Å²) in [5.74, 6) is -3.07. The zero-order valence-electron chi connectivity index (χ0n) is 15.2. The molecule has 1 aromatic heterocycles. The zero-order valence-corrected chi connectivity index (χ0v) is 15.2. The van der Waals surface area contributed by atoms with Crippen molar-refractivity contribution in [2.75, 3.05) is 11.9 Å². The summed E-state index contributed by atoms with van der Waals surface area (Å²) < 4.78 is 39.8. The first kappa shape index (κ1) is 20.3. The van der Waals surface area contributed by atoms with Gasteiger partial charge in [-0.1, -0.05) is 30.3 Å². The molecule has 3 rings (SSSR count). The van der Waals surface area contributed by atoms with Crippen LogP contribution in [0.5, 0.6) is 0 Å². The van der Waals surface area contributed by atoms with Crippen LogP contribution in [0.1, 0.15) is 17.5 Å². The fourth-order valence-corrected chi connectivity index (χ4v) is 2.78. The zero-order chi connectivity index (χ0) is 21.2. The van der Waals surface area contributed by atoms with E-state index in [2.05, 4.69) is 15.6 Å². The monoisotopic (exact) mass is 406 g/mol. The molecule has 0 saturated carbocycles. The lowest BCUT2D eigenvalue weighted by Gasteiger charge is -2.12. The quantitative estimate of drug-likeness (QED) is 0.580. The first-order valence-corrected chi connectivity index (χ1v) is 8.52. The second kappa shape index (κ2) is 7.92. The molecule has 2 aromatic carbocycles. The van der Waals surface area contributed by atoms with E-state index in [1.165, 1.54) is 25.2 Å². The average Bonchev–Trinajstić information content (AvgIpc) is 3.02. The molecule has 0 spiro atoms. The molecule has 7 nitrogen and oxygen atoms in total. The summed E-state index contributed by atoms with van der Waals surface area (Å²) in [5.41, 5.74) is 0.950. The number of hydrogen-bond acceptors (Lipinski definition) is 4. The first-order valence-electron chi connectivity index (χ1n) is 8.52. The summed E-state index contributed by atoms with van der Waals surface area (Å²) in [4.78, 5) is 27.5. The molecule has 0 bridgehead atoms. The Morgan fingerprint density at radius 2 is 1.83 bits per heavy atom. The molecule has 1 heterocycles. The SMILES string of the molecule is Cn1c(C(F)(F)F)nc2cc(NC(=O)C(=O)NC[C@H](O)c3ccccc3)ccc21. The maximum Gasteiger partial charge on any atom is 0.449 e. The summed E-state index contributed by atoms with van der Waals surface area (Å²) in [6, 6.07) is 12.6. The Labute approximate surface area is 163 Å². The van der Waals surface area contributed by atoms with Gasteiger partial charge in [0.2, 0.25) is 5.82 Å². The highest BCUT2D eigenvalue weighted by atomic mass is 19.4. The average molecular weight is 406 g/mol. The van der Waals surface area contributed by atoms with E-state index in [9.17, 15) is 27.9 Å². The second-order valence-corrected chi connectivity index (χ2v) is 6.29. The van der Waals surface area contributed by atoms with Crippen LogP contribution >= 0.6 is 0 Å². The van der Waals surface area contributed by atoms with Gasteiger partial charge in [-0.05, 0) is 23.8 Å². The largest absolute Gasteiger partial charge is 0.449 e. The van der Waals surface area contributed by atoms with Crippen molar-refractivity contribution in [1.29, 1.82) is 0 Å². The Balaban J connectivity index is 1.65. The van der Waals surface area contributed by atoms with Gasteiger partial charge in [0, 0.05) is 19.3 Å². The van der Waals surface area contributed by atoms with Crippen LogP contribution in [0.4, 0.5) is 18.9 Å². The molecule has 29 heavy (non-hydrogen) atoms. The lowest BCUT2D eigenvalue weighted by molar-refractivity contribution is -0.146.